The topological polar surface area (TPSA) is 52.5 Å². The summed E-state index contributed by atoms with van der Waals surface area (Å²) in [5.74, 6) is 0. The molecule has 0 aliphatic heterocycles. The van der Waals surface area contributed by atoms with Crippen LogP contribution in [0.5, 0.6) is 0 Å². The molecule has 1 aromatic heterocycles. The number of rotatable bonds is 4. The van der Waals surface area contributed by atoms with Crippen molar-refractivity contribution in [2.24, 2.45) is 0 Å². The van der Waals surface area contributed by atoms with Gasteiger partial charge in [0.2, 0.25) is 0 Å². The molecule has 0 unspecified atom stereocenters. The second-order valence-electron chi connectivity index (χ2n) is 10.1. The van der Waals surface area contributed by atoms with E-state index in [1.54, 1.807) is 0 Å². The fraction of sp³-hybridized carbons (Fsp3) is 0. The lowest BCUT2D eigenvalue weighted by molar-refractivity contribution is 1.18. The molecule has 7 aromatic rings. The Labute approximate surface area is 238 Å². The third-order valence-electron chi connectivity index (χ3n) is 7.61. The lowest BCUT2D eigenvalue weighted by Gasteiger charge is -2.13. The Morgan fingerprint density at radius 2 is 0.976 bits per heavy atom. The van der Waals surface area contributed by atoms with Gasteiger partial charge in [-0.2, -0.15) is 10.5 Å². The van der Waals surface area contributed by atoms with Gasteiger partial charge in [0.05, 0.1) is 34.3 Å². The Hall–Kier alpha value is -5.90. The van der Waals surface area contributed by atoms with Gasteiger partial charge in [0.1, 0.15) is 0 Å². The van der Waals surface area contributed by atoms with Crippen LogP contribution >= 0.6 is 0 Å². The Bertz CT molecular complexity index is 2170. The Kier molecular flexibility index (Phi) is 5.90. The van der Waals surface area contributed by atoms with Crippen molar-refractivity contribution < 1.29 is 0 Å². The zero-order valence-corrected chi connectivity index (χ0v) is 22.1. The number of para-hydroxylation sites is 1. The highest BCUT2D eigenvalue weighted by Crippen LogP contribution is 2.35. The SMILES string of the molecule is N#Cc1cc(-c2cccc(-c3cccc(-c4ccccc4)c3)c2)cc(-n2c3ccccc3c3cc(C#N)ccc32)c1. The molecule has 0 spiro atoms. The predicted molar refractivity (Wildman–Crippen MR) is 167 cm³/mol. The van der Waals surface area contributed by atoms with E-state index in [2.05, 4.69) is 108 Å². The fourth-order valence-electron chi connectivity index (χ4n) is 5.68. The second kappa shape index (κ2) is 10.0. The molecule has 7 rings (SSSR count). The highest BCUT2D eigenvalue weighted by molar-refractivity contribution is 6.09. The molecule has 3 nitrogen and oxygen atoms in total. The van der Waals surface area contributed by atoms with Gasteiger partial charge in [-0.1, -0.05) is 84.9 Å². The largest absolute Gasteiger partial charge is 0.309 e. The predicted octanol–water partition coefficient (Wildman–Crippen LogP) is 9.53. The molecule has 0 atom stereocenters. The van der Waals surface area contributed by atoms with Gasteiger partial charge >= 0.3 is 0 Å². The van der Waals surface area contributed by atoms with Crippen molar-refractivity contribution in [2.75, 3.05) is 0 Å². The first kappa shape index (κ1) is 24.2. The van der Waals surface area contributed by atoms with Crippen LogP contribution in [0.2, 0.25) is 0 Å². The minimum absolute atomic E-state index is 0.591. The quantitative estimate of drug-likeness (QED) is 0.232. The number of nitrogens with zero attached hydrogens (tertiary/aromatic N) is 3. The highest BCUT2D eigenvalue weighted by atomic mass is 15.0. The first-order valence-corrected chi connectivity index (χ1v) is 13.5. The van der Waals surface area contributed by atoms with Gasteiger partial charge in [0, 0.05) is 16.5 Å². The lowest BCUT2D eigenvalue weighted by Crippen LogP contribution is -1.96. The van der Waals surface area contributed by atoms with E-state index in [0.717, 1.165) is 49.7 Å². The van der Waals surface area contributed by atoms with Gasteiger partial charge in [-0.15, -0.1) is 0 Å². The maximum absolute atomic E-state index is 10.0. The summed E-state index contributed by atoms with van der Waals surface area (Å²) in [5, 5.41) is 21.6. The van der Waals surface area contributed by atoms with Gasteiger partial charge in [0.25, 0.3) is 0 Å². The summed E-state index contributed by atoms with van der Waals surface area (Å²) in [6, 6.07) is 52.1. The molecular weight excluding hydrogens is 498 g/mol. The Balaban J connectivity index is 1.37. The van der Waals surface area contributed by atoms with E-state index in [4.69, 9.17) is 0 Å². The van der Waals surface area contributed by atoms with Crippen LogP contribution in [0.25, 0.3) is 60.9 Å². The van der Waals surface area contributed by atoms with Crippen LogP contribution in [-0.2, 0) is 0 Å². The van der Waals surface area contributed by atoms with Crippen LogP contribution in [0.15, 0.2) is 140 Å². The molecule has 0 aliphatic carbocycles. The molecule has 3 heteroatoms. The highest BCUT2D eigenvalue weighted by Gasteiger charge is 2.15. The average molecular weight is 522 g/mol. The maximum atomic E-state index is 10.0. The summed E-state index contributed by atoms with van der Waals surface area (Å²) in [6.45, 7) is 0. The molecule has 0 radical (unpaired) electrons. The molecule has 6 aromatic carbocycles. The van der Waals surface area contributed by atoms with E-state index in [0.29, 0.717) is 11.1 Å². The van der Waals surface area contributed by atoms with Crippen molar-refractivity contribution in [1.29, 1.82) is 10.5 Å². The van der Waals surface area contributed by atoms with E-state index < -0.39 is 0 Å². The van der Waals surface area contributed by atoms with Crippen LogP contribution in [0.1, 0.15) is 11.1 Å². The number of nitriles is 2. The number of fused-ring (bicyclic) bond motifs is 3. The third kappa shape index (κ3) is 4.33. The third-order valence-corrected chi connectivity index (χ3v) is 7.61. The molecular formula is C38H23N3. The van der Waals surface area contributed by atoms with Crippen LogP contribution in [0, 0.1) is 22.7 Å². The molecule has 0 amide bonds. The molecule has 0 saturated carbocycles. The van der Waals surface area contributed by atoms with E-state index in [1.807, 2.05) is 48.5 Å². The maximum Gasteiger partial charge on any atom is 0.0992 e. The standard InChI is InChI=1S/C38H23N3/c39-24-26-16-17-38-36(20-26)35-14-4-5-15-37(35)41(38)34-19-27(25-40)18-33(23-34)32-13-7-12-31(22-32)30-11-6-10-29(21-30)28-8-2-1-3-9-28/h1-23H. The summed E-state index contributed by atoms with van der Waals surface area (Å²) >= 11 is 0. The lowest BCUT2D eigenvalue weighted by atomic mass is 9.95. The molecule has 1 heterocycles. The molecule has 190 valence electrons. The minimum atomic E-state index is 0.591. The average Bonchev–Trinajstić information content (AvgIpc) is 3.38. The first-order chi connectivity index (χ1) is 20.2. The van der Waals surface area contributed by atoms with Gasteiger partial charge in [-0.3, -0.25) is 0 Å². The van der Waals surface area contributed by atoms with E-state index in [-0.39, 0.29) is 0 Å². The summed E-state index contributed by atoms with van der Waals surface area (Å²) in [6.07, 6.45) is 0. The summed E-state index contributed by atoms with van der Waals surface area (Å²) in [5.41, 5.74) is 10.8. The van der Waals surface area contributed by atoms with E-state index in [1.165, 1.54) is 11.1 Å². The fourth-order valence-corrected chi connectivity index (χ4v) is 5.68. The van der Waals surface area contributed by atoms with Crippen molar-refractivity contribution in [3.8, 4) is 51.2 Å². The van der Waals surface area contributed by atoms with E-state index in [9.17, 15) is 10.5 Å². The molecule has 0 bridgehead atoms. The van der Waals surface area contributed by atoms with Gasteiger partial charge < -0.3 is 4.57 Å². The van der Waals surface area contributed by atoms with Crippen LogP contribution < -0.4 is 0 Å². The molecule has 0 saturated heterocycles. The van der Waals surface area contributed by atoms with Crippen LogP contribution in [0.3, 0.4) is 0 Å². The Morgan fingerprint density at radius 1 is 0.390 bits per heavy atom. The molecule has 0 fully saturated rings. The van der Waals surface area contributed by atoms with Crippen molar-refractivity contribution in [3.63, 3.8) is 0 Å². The molecule has 0 aliphatic rings. The van der Waals surface area contributed by atoms with Crippen LogP contribution in [0.4, 0.5) is 0 Å². The monoisotopic (exact) mass is 521 g/mol. The summed E-state index contributed by atoms with van der Waals surface area (Å²) in [4.78, 5) is 0. The van der Waals surface area contributed by atoms with E-state index >= 15 is 0 Å². The van der Waals surface area contributed by atoms with Crippen molar-refractivity contribution in [3.05, 3.63) is 151 Å². The van der Waals surface area contributed by atoms with Crippen molar-refractivity contribution in [1.82, 2.24) is 4.57 Å². The normalized spacial score (nSPS) is 10.9. The first-order valence-electron chi connectivity index (χ1n) is 13.5. The zero-order valence-electron chi connectivity index (χ0n) is 22.1. The molecule has 0 N–H and O–H groups in total. The molecule has 41 heavy (non-hydrogen) atoms. The number of aromatic nitrogens is 1. The van der Waals surface area contributed by atoms with Crippen molar-refractivity contribution in [2.45, 2.75) is 0 Å². The minimum Gasteiger partial charge on any atom is -0.309 e. The number of hydrogen-bond donors (Lipinski definition) is 0. The van der Waals surface area contributed by atoms with Crippen LogP contribution in [-0.4, -0.2) is 4.57 Å². The van der Waals surface area contributed by atoms with Gasteiger partial charge in [-0.25, -0.2) is 0 Å². The second-order valence-corrected chi connectivity index (χ2v) is 10.1. The zero-order chi connectivity index (χ0) is 27.8. The number of hydrogen-bond acceptors (Lipinski definition) is 2. The number of benzene rings is 6. The van der Waals surface area contributed by atoms with Gasteiger partial charge in [-0.05, 0) is 88.0 Å². The van der Waals surface area contributed by atoms with Gasteiger partial charge in [0.15, 0.2) is 0 Å². The van der Waals surface area contributed by atoms with Crippen molar-refractivity contribution >= 4 is 21.8 Å². The Morgan fingerprint density at radius 3 is 1.68 bits per heavy atom. The smallest absolute Gasteiger partial charge is 0.0992 e. The summed E-state index contributed by atoms with van der Waals surface area (Å²) in [7, 11) is 0. The summed E-state index contributed by atoms with van der Waals surface area (Å²) < 4.78 is 2.18.